The van der Waals surface area contributed by atoms with Crippen molar-refractivity contribution in [2.75, 3.05) is 24.7 Å². The first kappa shape index (κ1) is 13.2. The summed E-state index contributed by atoms with van der Waals surface area (Å²) in [5.74, 6) is 0.814. The van der Waals surface area contributed by atoms with Crippen molar-refractivity contribution in [1.82, 2.24) is 14.9 Å². The molecule has 1 aliphatic heterocycles. The summed E-state index contributed by atoms with van der Waals surface area (Å²) < 4.78 is 0. The first-order valence-corrected chi connectivity index (χ1v) is 6.42. The van der Waals surface area contributed by atoms with Crippen molar-refractivity contribution in [2.24, 2.45) is 0 Å². The number of urea groups is 1. The number of aromatic hydroxyl groups is 1. The molecular formula is C14H15N5O2. The average molecular weight is 285 g/mol. The number of nitrogen functional groups attached to an aromatic ring is 1. The summed E-state index contributed by atoms with van der Waals surface area (Å²) in [5.41, 5.74) is 8.09. The van der Waals surface area contributed by atoms with Crippen LogP contribution >= 0.6 is 0 Å². The van der Waals surface area contributed by atoms with Crippen molar-refractivity contribution in [3.8, 4) is 17.0 Å². The number of carbonyl (C=O) groups is 1. The Bertz CT molecular complexity index is 714. The number of phenols is 1. The first-order valence-electron chi connectivity index (χ1n) is 6.42. The van der Waals surface area contributed by atoms with Crippen molar-refractivity contribution >= 4 is 17.8 Å². The standard InChI is InChI=1S/C14H15N5O2/c1-18-7-10-11(8-3-5-9(20)6-4-8)16-13(15)17-12(10)19(2)14(18)21/h3-6,20H,7H2,1-2H3,(H2,15,16,17). The minimum Gasteiger partial charge on any atom is -0.508 e. The minimum atomic E-state index is -0.141. The maximum Gasteiger partial charge on any atom is 0.325 e. The lowest BCUT2D eigenvalue weighted by Gasteiger charge is -2.32. The number of aromatic nitrogens is 2. The summed E-state index contributed by atoms with van der Waals surface area (Å²) in [4.78, 5) is 23.5. The number of hydrogen-bond acceptors (Lipinski definition) is 5. The molecule has 3 rings (SSSR count). The lowest BCUT2D eigenvalue weighted by molar-refractivity contribution is 0.211. The van der Waals surface area contributed by atoms with Crippen LogP contribution in [0.15, 0.2) is 24.3 Å². The molecule has 108 valence electrons. The molecule has 1 aromatic heterocycles. The van der Waals surface area contributed by atoms with Crippen LogP contribution in [0.5, 0.6) is 5.75 Å². The van der Waals surface area contributed by atoms with Gasteiger partial charge in [-0.15, -0.1) is 0 Å². The first-order chi connectivity index (χ1) is 9.97. The molecule has 3 N–H and O–H groups in total. The van der Waals surface area contributed by atoms with Gasteiger partial charge in [0, 0.05) is 25.2 Å². The smallest absolute Gasteiger partial charge is 0.325 e. The van der Waals surface area contributed by atoms with E-state index in [0.29, 0.717) is 18.1 Å². The Balaban J connectivity index is 2.21. The Kier molecular flexibility index (Phi) is 2.90. The zero-order chi connectivity index (χ0) is 15.1. The Morgan fingerprint density at radius 2 is 1.86 bits per heavy atom. The predicted octanol–water partition coefficient (Wildman–Crippen LogP) is 1.43. The summed E-state index contributed by atoms with van der Waals surface area (Å²) in [6, 6.07) is 6.54. The zero-order valence-electron chi connectivity index (χ0n) is 11.7. The lowest BCUT2D eigenvalue weighted by Crippen LogP contribution is -2.43. The minimum absolute atomic E-state index is 0.112. The molecule has 7 nitrogen and oxygen atoms in total. The summed E-state index contributed by atoms with van der Waals surface area (Å²) in [6.45, 7) is 0.412. The van der Waals surface area contributed by atoms with E-state index in [2.05, 4.69) is 9.97 Å². The van der Waals surface area contributed by atoms with Gasteiger partial charge in [0.1, 0.15) is 11.6 Å². The number of rotatable bonds is 1. The molecule has 0 atom stereocenters. The van der Waals surface area contributed by atoms with E-state index in [-0.39, 0.29) is 17.7 Å². The van der Waals surface area contributed by atoms with Gasteiger partial charge in [0.25, 0.3) is 0 Å². The number of phenolic OH excluding ortho intramolecular Hbond substituents is 1. The van der Waals surface area contributed by atoms with E-state index in [1.165, 1.54) is 4.90 Å². The van der Waals surface area contributed by atoms with Crippen LogP contribution in [0.4, 0.5) is 16.6 Å². The van der Waals surface area contributed by atoms with E-state index in [1.807, 2.05) is 0 Å². The van der Waals surface area contributed by atoms with E-state index < -0.39 is 0 Å². The average Bonchev–Trinajstić information content (AvgIpc) is 2.46. The number of anilines is 2. The molecular weight excluding hydrogens is 270 g/mol. The van der Waals surface area contributed by atoms with E-state index in [9.17, 15) is 9.90 Å². The van der Waals surface area contributed by atoms with Gasteiger partial charge in [-0.05, 0) is 24.3 Å². The number of nitrogens with zero attached hydrogens (tertiary/aromatic N) is 4. The number of hydrogen-bond donors (Lipinski definition) is 2. The SMILES string of the molecule is CN1Cc2c(-c3ccc(O)cc3)nc(N)nc2N(C)C1=O. The molecule has 0 spiro atoms. The van der Waals surface area contributed by atoms with E-state index in [1.54, 1.807) is 43.3 Å². The molecule has 0 radical (unpaired) electrons. The second-order valence-corrected chi connectivity index (χ2v) is 4.98. The maximum absolute atomic E-state index is 12.0. The Labute approximate surface area is 121 Å². The van der Waals surface area contributed by atoms with Crippen molar-refractivity contribution < 1.29 is 9.90 Å². The molecule has 0 saturated heterocycles. The van der Waals surface area contributed by atoms with Crippen LogP contribution in [0.1, 0.15) is 5.56 Å². The summed E-state index contributed by atoms with van der Waals surface area (Å²) >= 11 is 0. The second kappa shape index (κ2) is 4.62. The molecule has 1 aromatic carbocycles. The molecule has 0 fully saturated rings. The van der Waals surface area contributed by atoms with Crippen LogP contribution < -0.4 is 10.6 Å². The Hall–Kier alpha value is -2.83. The van der Waals surface area contributed by atoms with Crippen molar-refractivity contribution in [3.05, 3.63) is 29.8 Å². The molecule has 0 unspecified atom stereocenters. The number of fused-ring (bicyclic) bond motifs is 1. The molecule has 7 heteroatoms. The summed E-state index contributed by atoms with van der Waals surface area (Å²) in [6.07, 6.45) is 0. The summed E-state index contributed by atoms with van der Waals surface area (Å²) in [5, 5.41) is 9.40. The highest BCUT2D eigenvalue weighted by atomic mass is 16.3. The van der Waals surface area contributed by atoms with Gasteiger partial charge >= 0.3 is 6.03 Å². The molecule has 0 bridgehead atoms. The fraction of sp³-hybridized carbons (Fsp3) is 0.214. The van der Waals surface area contributed by atoms with Crippen LogP contribution in [-0.2, 0) is 6.54 Å². The van der Waals surface area contributed by atoms with Gasteiger partial charge in [0.05, 0.1) is 12.2 Å². The van der Waals surface area contributed by atoms with Gasteiger partial charge in [-0.1, -0.05) is 0 Å². The monoisotopic (exact) mass is 285 g/mol. The molecule has 21 heavy (non-hydrogen) atoms. The van der Waals surface area contributed by atoms with Gasteiger partial charge in [-0.25, -0.2) is 9.78 Å². The van der Waals surface area contributed by atoms with Crippen molar-refractivity contribution in [1.29, 1.82) is 0 Å². The third-order valence-electron chi connectivity index (χ3n) is 3.47. The van der Waals surface area contributed by atoms with Crippen molar-refractivity contribution in [3.63, 3.8) is 0 Å². The number of carbonyl (C=O) groups excluding carboxylic acids is 1. The molecule has 2 heterocycles. The van der Waals surface area contributed by atoms with Crippen LogP contribution in [-0.4, -0.2) is 40.1 Å². The molecule has 0 aliphatic carbocycles. The van der Waals surface area contributed by atoms with Crippen LogP contribution in [0.2, 0.25) is 0 Å². The highest BCUT2D eigenvalue weighted by Crippen LogP contribution is 2.33. The third kappa shape index (κ3) is 2.12. The highest BCUT2D eigenvalue weighted by Gasteiger charge is 2.29. The third-order valence-corrected chi connectivity index (χ3v) is 3.47. The van der Waals surface area contributed by atoms with Gasteiger partial charge < -0.3 is 15.7 Å². The Morgan fingerprint density at radius 3 is 2.52 bits per heavy atom. The van der Waals surface area contributed by atoms with Gasteiger partial charge in [-0.2, -0.15) is 4.98 Å². The summed E-state index contributed by atoms with van der Waals surface area (Å²) in [7, 11) is 3.38. The van der Waals surface area contributed by atoms with Crippen LogP contribution in [0.3, 0.4) is 0 Å². The second-order valence-electron chi connectivity index (χ2n) is 4.98. The van der Waals surface area contributed by atoms with E-state index in [0.717, 1.165) is 11.1 Å². The molecule has 2 aromatic rings. The molecule has 0 saturated carbocycles. The predicted molar refractivity (Wildman–Crippen MR) is 78.8 cm³/mol. The lowest BCUT2D eigenvalue weighted by atomic mass is 10.0. The topological polar surface area (TPSA) is 95.6 Å². The van der Waals surface area contributed by atoms with Crippen molar-refractivity contribution in [2.45, 2.75) is 6.54 Å². The number of benzene rings is 1. The fourth-order valence-electron chi connectivity index (χ4n) is 2.42. The molecule has 1 aliphatic rings. The van der Waals surface area contributed by atoms with Crippen LogP contribution in [0, 0.1) is 0 Å². The highest BCUT2D eigenvalue weighted by molar-refractivity contribution is 5.94. The fourth-order valence-corrected chi connectivity index (χ4v) is 2.42. The van der Waals surface area contributed by atoms with E-state index in [4.69, 9.17) is 5.73 Å². The largest absolute Gasteiger partial charge is 0.508 e. The van der Waals surface area contributed by atoms with E-state index >= 15 is 0 Å². The number of amides is 2. The number of nitrogens with two attached hydrogens (primary N) is 1. The van der Waals surface area contributed by atoms with Gasteiger partial charge in [0.15, 0.2) is 0 Å². The molecule has 2 amide bonds. The normalized spacial score (nSPS) is 14.3. The quantitative estimate of drug-likeness (QED) is 0.826. The Morgan fingerprint density at radius 1 is 1.19 bits per heavy atom. The zero-order valence-corrected chi connectivity index (χ0v) is 11.7. The van der Waals surface area contributed by atoms with Gasteiger partial charge in [0.2, 0.25) is 5.95 Å². The van der Waals surface area contributed by atoms with Crippen LogP contribution in [0.25, 0.3) is 11.3 Å². The van der Waals surface area contributed by atoms with Gasteiger partial charge in [-0.3, -0.25) is 4.90 Å². The maximum atomic E-state index is 12.0.